The van der Waals surface area contributed by atoms with E-state index in [2.05, 4.69) is 77.1 Å². The van der Waals surface area contributed by atoms with Gasteiger partial charge in [0.1, 0.15) is 13.6 Å². The summed E-state index contributed by atoms with van der Waals surface area (Å²) in [5, 5.41) is 9.68. The summed E-state index contributed by atoms with van der Waals surface area (Å²) in [5.74, 6) is 0.429. The second-order valence-corrected chi connectivity index (χ2v) is 9.38. The van der Waals surface area contributed by atoms with Crippen LogP contribution in [0.3, 0.4) is 0 Å². The van der Waals surface area contributed by atoms with Gasteiger partial charge in [0.25, 0.3) is 0 Å². The largest absolute Gasteiger partial charge is 0.511 e. The average Bonchev–Trinajstić information content (AvgIpc) is 2.25. The summed E-state index contributed by atoms with van der Waals surface area (Å²) in [6.45, 7) is 19.1. The number of quaternary nitrogens is 1. The normalized spacial score (nSPS) is 21.3. The smallest absolute Gasteiger partial charge is 0.112 e. The summed E-state index contributed by atoms with van der Waals surface area (Å²) in [6, 6.07) is 0. The zero-order chi connectivity index (χ0) is 17.7. The van der Waals surface area contributed by atoms with Crippen LogP contribution in [0.2, 0.25) is 5.31 Å². The monoisotopic (exact) mass is 297 g/mol. The Morgan fingerprint density at radius 3 is 1.67 bits per heavy atom. The van der Waals surface area contributed by atoms with Crippen LogP contribution in [-0.2, 0) is 0 Å². The third-order valence-electron chi connectivity index (χ3n) is 7.38. The first-order valence-electron chi connectivity index (χ1n) is 7.84. The van der Waals surface area contributed by atoms with Gasteiger partial charge in [-0.1, -0.05) is 34.3 Å². The maximum atomic E-state index is 10.0. The molecule has 0 amide bonds. The van der Waals surface area contributed by atoms with Crippen LogP contribution in [0.15, 0.2) is 12.3 Å². The molecule has 0 saturated heterocycles. The van der Waals surface area contributed by atoms with E-state index in [0.717, 1.165) is 4.48 Å². The maximum Gasteiger partial charge on any atom is 0.112 e. The number of nitrogens with zero attached hydrogens (tertiary/aromatic N) is 1. The Balaban J connectivity index is 5.94. The summed E-state index contributed by atoms with van der Waals surface area (Å²) >= 11 is 0. The summed E-state index contributed by atoms with van der Waals surface area (Å²) in [5.41, 5.74) is 5.58. The Morgan fingerprint density at radius 1 is 1.10 bits per heavy atom. The minimum absolute atomic E-state index is 0.0517. The predicted octanol–water partition coefficient (Wildman–Crippen LogP) is 2.73. The van der Waals surface area contributed by atoms with Crippen LogP contribution in [0.5, 0.6) is 0 Å². The van der Waals surface area contributed by atoms with Crippen LogP contribution >= 0.6 is 0 Å². The van der Waals surface area contributed by atoms with Crippen molar-refractivity contribution in [3.63, 3.8) is 0 Å². The molecule has 4 heteroatoms. The summed E-state index contributed by atoms with van der Waals surface area (Å²) in [7, 11) is 8.82. The molecule has 3 N–H and O–H groups in total. The number of rotatable bonds is 6. The first-order chi connectivity index (χ1) is 8.85. The van der Waals surface area contributed by atoms with Crippen molar-refractivity contribution >= 4 is 7.85 Å². The van der Waals surface area contributed by atoms with E-state index < -0.39 is 5.54 Å². The van der Waals surface area contributed by atoms with Gasteiger partial charge in [0.2, 0.25) is 0 Å². The molecule has 0 saturated carbocycles. The molecule has 0 bridgehead atoms. The molecular weight excluding hydrogens is 259 g/mol. The van der Waals surface area contributed by atoms with Gasteiger partial charge in [0.15, 0.2) is 0 Å². The van der Waals surface area contributed by atoms with Crippen LogP contribution in [0.1, 0.15) is 48.5 Å². The van der Waals surface area contributed by atoms with Gasteiger partial charge < -0.3 is 15.3 Å². The van der Waals surface area contributed by atoms with Crippen molar-refractivity contribution in [1.82, 2.24) is 0 Å². The van der Waals surface area contributed by atoms with Crippen LogP contribution in [0.25, 0.3) is 0 Å². The molecule has 3 atom stereocenters. The van der Waals surface area contributed by atoms with Crippen molar-refractivity contribution in [3.05, 3.63) is 12.3 Å². The van der Waals surface area contributed by atoms with E-state index in [1.165, 1.54) is 0 Å². The quantitative estimate of drug-likeness (QED) is 0.450. The molecule has 3 unspecified atom stereocenters. The van der Waals surface area contributed by atoms with Crippen molar-refractivity contribution in [3.8, 4) is 0 Å². The maximum absolute atomic E-state index is 10.0. The molecule has 3 nitrogen and oxygen atoms in total. The van der Waals surface area contributed by atoms with E-state index in [1.807, 2.05) is 6.92 Å². The Kier molecular flexibility index (Phi) is 5.19. The third-order valence-corrected chi connectivity index (χ3v) is 7.38. The first kappa shape index (κ1) is 20.5. The highest BCUT2D eigenvalue weighted by atomic mass is 16.3. The van der Waals surface area contributed by atoms with Crippen LogP contribution in [-0.4, -0.2) is 49.7 Å². The molecule has 0 aromatic carbocycles. The van der Waals surface area contributed by atoms with Gasteiger partial charge in [-0.15, -0.1) is 0 Å². The number of nitrogens with two attached hydrogens (primary N) is 1. The Labute approximate surface area is 133 Å². The van der Waals surface area contributed by atoms with Gasteiger partial charge in [-0.2, -0.15) is 0 Å². The minimum Gasteiger partial charge on any atom is -0.511 e. The Bertz CT molecular complexity index is 404. The topological polar surface area (TPSA) is 46.2 Å². The molecule has 0 fully saturated rings. The molecular formula is C17H38BN2O+. The standard InChI is InChI=1S/C17H37BN2O/c1-12(15(5,6)20(9,10)11)14(3,4)17(8,18)16(7,19)13(2)21/h12H,2,18-19H2,1,3-11H3/p+1. The molecule has 0 heterocycles. The van der Waals surface area contributed by atoms with Crippen molar-refractivity contribution < 1.29 is 9.59 Å². The molecule has 0 aromatic heterocycles. The predicted molar refractivity (Wildman–Crippen MR) is 96.3 cm³/mol. The molecule has 0 spiro atoms. The third kappa shape index (κ3) is 3.02. The fraction of sp³-hybridized carbons (Fsp3) is 0.882. The van der Waals surface area contributed by atoms with Crippen LogP contribution < -0.4 is 5.73 Å². The minimum atomic E-state index is -0.842. The van der Waals surface area contributed by atoms with Crippen molar-refractivity contribution in [2.24, 2.45) is 17.1 Å². The molecule has 21 heavy (non-hydrogen) atoms. The average molecular weight is 297 g/mol. The number of aliphatic hydroxyl groups is 1. The molecule has 0 aliphatic rings. The van der Waals surface area contributed by atoms with Gasteiger partial charge in [-0.05, 0) is 31.5 Å². The van der Waals surface area contributed by atoms with E-state index >= 15 is 0 Å². The van der Waals surface area contributed by atoms with Crippen molar-refractivity contribution in [1.29, 1.82) is 0 Å². The lowest BCUT2D eigenvalue weighted by Crippen LogP contribution is -2.64. The second-order valence-electron chi connectivity index (χ2n) is 9.38. The van der Waals surface area contributed by atoms with Crippen LogP contribution in [0.4, 0.5) is 0 Å². The summed E-state index contributed by atoms with van der Waals surface area (Å²) in [4.78, 5) is 0. The lowest BCUT2D eigenvalue weighted by atomic mass is 9.42. The van der Waals surface area contributed by atoms with E-state index in [4.69, 9.17) is 5.73 Å². The Morgan fingerprint density at radius 2 is 1.43 bits per heavy atom. The zero-order valence-electron chi connectivity index (χ0n) is 16.3. The van der Waals surface area contributed by atoms with Gasteiger partial charge in [0, 0.05) is 5.92 Å². The lowest BCUT2D eigenvalue weighted by molar-refractivity contribution is -0.925. The summed E-state index contributed by atoms with van der Waals surface area (Å²) < 4.78 is 0.870. The summed E-state index contributed by atoms with van der Waals surface area (Å²) in [6.07, 6.45) is 0. The SMILES string of the molecule is BC(C)(C(C)(N)C(=C)O)C(C)(C)C(C)C(C)(C)[N+](C)(C)C. The van der Waals surface area contributed by atoms with E-state index in [9.17, 15) is 5.11 Å². The van der Waals surface area contributed by atoms with Gasteiger partial charge >= 0.3 is 0 Å². The van der Waals surface area contributed by atoms with Gasteiger partial charge in [-0.3, -0.25) is 0 Å². The zero-order valence-corrected chi connectivity index (χ0v) is 16.3. The van der Waals surface area contributed by atoms with E-state index in [0.29, 0.717) is 5.92 Å². The lowest BCUT2D eigenvalue weighted by Gasteiger charge is -2.59. The molecule has 0 rings (SSSR count). The molecule has 0 aromatic rings. The van der Waals surface area contributed by atoms with Crippen molar-refractivity contribution in [2.75, 3.05) is 21.1 Å². The number of hydrogen-bond donors (Lipinski definition) is 2. The fourth-order valence-electron chi connectivity index (χ4n) is 3.04. The van der Waals surface area contributed by atoms with E-state index in [-0.39, 0.29) is 22.0 Å². The highest BCUT2D eigenvalue weighted by molar-refractivity contribution is 6.17. The van der Waals surface area contributed by atoms with Crippen LogP contribution in [0, 0.1) is 11.3 Å². The first-order valence-corrected chi connectivity index (χ1v) is 7.84. The van der Waals surface area contributed by atoms with E-state index in [1.54, 1.807) is 0 Å². The second kappa shape index (κ2) is 5.31. The van der Waals surface area contributed by atoms with Gasteiger partial charge in [0.05, 0.1) is 32.2 Å². The molecule has 0 aliphatic heterocycles. The molecule has 0 radical (unpaired) electrons. The van der Waals surface area contributed by atoms with Gasteiger partial charge in [-0.25, -0.2) is 0 Å². The fourth-order valence-corrected chi connectivity index (χ4v) is 3.04. The molecule has 0 aliphatic carbocycles. The number of hydrogen-bond acceptors (Lipinski definition) is 2. The highest BCUT2D eigenvalue weighted by Crippen LogP contribution is 2.58. The Hall–Kier alpha value is -0.475. The highest BCUT2D eigenvalue weighted by Gasteiger charge is 2.57. The number of aliphatic hydroxyl groups excluding tert-OH is 1. The molecule has 124 valence electrons. The van der Waals surface area contributed by atoms with Crippen molar-refractivity contribution in [2.45, 2.75) is 64.9 Å².